The normalized spacial score (nSPS) is 15.6. The van der Waals surface area contributed by atoms with Gasteiger partial charge in [0, 0.05) is 25.2 Å². The van der Waals surface area contributed by atoms with Crippen molar-refractivity contribution in [3.63, 3.8) is 0 Å². The topological polar surface area (TPSA) is 110 Å². The Morgan fingerprint density at radius 1 is 0.933 bits per heavy atom. The first kappa shape index (κ1) is 22.4. The van der Waals surface area contributed by atoms with E-state index < -0.39 is 19.9 Å². The van der Waals surface area contributed by atoms with Gasteiger partial charge in [0.25, 0.3) is 5.91 Å². The van der Waals surface area contributed by atoms with Crippen LogP contribution in [0, 0.1) is 0 Å². The van der Waals surface area contributed by atoms with Gasteiger partial charge in [0.1, 0.15) is 0 Å². The van der Waals surface area contributed by atoms with Crippen LogP contribution in [0.15, 0.2) is 58.3 Å². The molecule has 1 saturated heterocycles. The molecule has 10 heteroatoms. The van der Waals surface area contributed by atoms with E-state index in [1.807, 2.05) is 0 Å². The molecule has 0 atom stereocenters. The molecule has 8 nitrogen and oxygen atoms in total. The Balaban J connectivity index is 1.61. The van der Waals surface area contributed by atoms with Crippen LogP contribution in [-0.4, -0.2) is 59.1 Å². The minimum absolute atomic E-state index is 0.00417. The highest BCUT2D eigenvalue weighted by Gasteiger charge is 2.26. The van der Waals surface area contributed by atoms with Crippen molar-refractivity contribution in [2.75, 3.05) is 32.1 Å². The molecular weight excluding hydrogens is 428 g/mol. The molecule has 2 aromatic rings. The van der Waals surface area contributed by atoms with E-state index in [-0.39, 0.29) is 28.0 Å². The highest BCUT2D eigenvalue weighted by Crippen LogP contribution is 2.18. The van der Waals surface area contributed by atoms with Crippen LogP contribution in [0.2, 0.25) is 0 Å². The fraction of sp³-hybridized carbons (Fsp3) is 0.350. The Labute approximate surface area is 176 Å². The third kappa shape index (κ3) is 5.07. The van der Waals surface area contributed by atoms with Crippen LogP contribution in [0.1, 0.15) is 22.8 Å². The minimum atomic E-state index is -3.55. The molecule has 1 heterocycles. The molecule has 1 fully saturated rings. The number of ether oxygens (including phenoxy) is 1. The third-order valence-electron chi connectivity index (χ3n) is 4.84. The molecule has 0 bridgehead atoms. The van der Waals surface area contributed by atoms with Gasteiger partial charge >= 0.3 is 0 Å². The average molecular weight is 453 g/mol. The maximum atomic E-state index is 12.6. The van der Waals surface area contributed by atoms with Crippen molar-refractivity contribution in [3.05, 3.63) is 59.7 Å². The number of sulfonamides is 1. The number of nitrogens with zero attached hydrogens (tertiary/aromatic N) is 1. The van der Waals surface area contributed by atoms with Crippen LogP contribution in [0.3, 0.4) is 0 Å². The van der Waals surface area contributed by atoms with E-state index in [1.165, 1.54) is 40.7 Å². The van der Waals surface area contributed by atoms with Crippen molar-refractivity contribution < 1.29 is 26.4 Å². The van der Waals surface area contributed by atoms with Gasteiger partial charge in [-0.15, -0.1) is 0 Å². The first-order chi connectivity index (χ1) is 14.2. The number of carbonyl (C=O) groups is 1. The Morgan fingerprint density at radius 2 is 1.50 bits per heavy atom. The number of morpholine rings is 1. The standard InChI is InChI=1S/C20H24N2O6S2/c1-2-29(24,25)18-9-5-17(6-10-18)20(23)21-15-16-3-7-19(8-4-16)30(26,27)22-11-13-28-14-12-22/h3-10H,2,11-15H2,1H3,(H,21,23). The van der Waals surface area contributed by atoms with Crippen molar-refractivity contribution in [1.82, 2.24) is 9.62 Å². The molecule has 0 saturated carbocycles. The lowest BCUT2D eigenvalue weighted by Gasteiger charge is -2.26. The average Bonchev–Trinajstić information content (AvgIpc) is 2.78. The maximum Gasteiger partial charge on any atom is 0.251 e. The molecular formula is C20H24N2O6S2. The summed E-state index contributed by atoms with van der Waals surface area (Å²) in [5, 5.41) is 2.74. The molecule has 0 spiro atoms. The summed E-state index contributed by atoms with van der Waals surface area (Å²) in [7, 11) is -6.87. The summed E-state index contributed by atoms with van der Waals surface area (Å²) in [5.74, 6) is -0.351. The van der Waals surface area contributed by atoms with E-state index in [0.29, 0.717) is 31.9 Å². The van der Waals surface area contributed by atoms with Crippen molar-refractivity contribution >= 4 is 25.8 Å². The van der Waals surface area contributed by atoms with Gasteiger partial charge in [-0.3, -0.25) is 4.79 Å². The lowest BCUT2D eigenvalue weighted by atomic mass is 10.2. The van der Waals surface area contributed by atoms with Gasteiger partial charge in [0.2, 0.25) is 10.0 Å². The lowest BCUT2D eigenvalue weighted by molar-refractivity contribution is 0.0730. The molecule has 0 aromatic heterocycles. The number of carbonyl (C=O) groups excluding carboxylic acids is 1. The Morgan fingerprint density at radius 3 is 2.07 bits per heavy atom. The van der Waals surface area contributed by atoms with E-state index in [2.05, 4.69) is 5.32 Å². The molecule has 30 heavy (non-hydrogen) atoms. The molecule has 3 rings (SSSR count). The van der Waals surface area contributed by atoms with E-state index in [1.54, 1.807) is 19.1 Å². The quantitative estimate of drug-likeness (QED) is 0.681. The van der Waals surface area contributed by atoms with Gasteiger partial charge in [-0.1, -0.05) is 19.1 Å². The maximum absolute atomic E-state index is 12.6. The zero-order valence-corrected chi connectivity index (χ0v) is 18.2. The van der Waals surface area contributed by atoms with Crippen LogP contribution in [-0.2, 0) is 31.1 Å². The Bertz CT molecular complexity index is 1090. The van der Waals surface area contributed by atoms with Crippen molar-refractivity contribution in [1.29, 1.82) is 0 Å². The van der Waals surface area contributed by atoms with E-state index in [0.717, 1.165) is 5.56 Å². The first-order valence-electron chi connectivity index (χ1n) is 9.52. The summed E-state index contributed by atoms with van der Waals surface area (Å²) in [4.78, 5) is 12.7. The van der Waals surface area contributed by atoms with Crippen LogP contribution in [0.25, 0.3) is 0 Å². The lowest BCUT2D eigenvalue weighted by Crippen LogP contribution is -2.40. The fourth-order valence-corrected chi connectivity index (χ4v) is 5.27. The molecule has 0 unspecified atom stereocenters. The highest BCUT2D eigenvalue weighted by molar-refractivity contribution is 7.91. The largest absolute Gasteiger partial charge is 0.379 e. The van der Waals surface area contributed by atoms with Crippen molar-refractivity contribution in [3.8, 4) is 0 Å². The molecule has 1 N–H and O–H groups in total. The van der Waals surface area contributed by atoms with Crippen LogP contribution in [0.4, 0.5) is 0 Å². The predicted molar refractivity (Wildman–Crippen MR) is 111 cm³/mol. The molecule has 1 amide bonds. The summed E-state index contributed by atoms with van der Waals surface area (Å²) in [6.07, 6.45) is 0. The van der Waals surface area contributed by atoms with E-state index in [4.69, 9.17) is 4.74 Å². The number of hydrogen-bond donors (Lipinski definition) is 1. The molecule has 1 aliphatic rings. The zero-order valence-electron chi connectivity index (χ0n) is 16.6. The minimum Gasteiger partial charge on any atom is -0.379 e. The molecule has 2 aromatic carbocycles. The Kier molecular flexibility index (Phi) is 6.91. The first-order valence-corrected chi connectivity index (χ1v) is 12.6. The molecule has 1 aliphatic heterocycles. The highest BCUT2D eigenvalue weighted by atomic mass is 32.2. The SMILES string of the molecule is CCS(=O)(=O)c1ccc(C(=O)NCc2ccc(S(=O)(=O)N3CCOCC3)cc2)cc1. The van der Waals surface area contributed by atoms with Gasteiger partial charge in [-0.25, -0.2) is 16.8 Å². The number of sulfone groups is 1. The van der Waals surface area contributed by atoms with Gasteiger partial charge < -0.3 is 10.1 Å². The van der Waals surface area contributed by atoms with Gasteiger partial charge in [0.05, 0.1) is 28.8 Å². The number of hydrogen-bond acceptors (Lipinski definition) is 6. The smallest absolute Gasteiger partial charge is 0.251 e. The summed E-state index contributed by atoms with van der Waals surface area (Å²) < 4.78 is 55.5. The van der Waals surface area contributed by atoms with Gasteiger partial charge in [-0.2, -0.15) is 4.31 Å². The summed E-state index contributed by atoms with van der Waals surface area (Å²) >= 11 is 0. The second-order valence-electron chi connectivity index (χ2n) is 6.77. The summed E-state index contributed by atoms with van der Waals surface area (Å²) in [6, 6.07) is 12.1. The van der Waals surface area contributed by atoms with Gasteiger partial charge in [-0.05, 0) is 42.0 Å². The second-order valence-corrected chi connectivity index (χ2v) is 11.0. The summed E-state index contributed by atoms with van der Waals surface area (Å²) in [5.41, 5.74) is 1.09. The number of rotatable bonds is 7. The zero-order chi connectivity index (χ0) is 21.8. The Hall–Kier alpha value is -2.27. The van der Waals surface area contributed by atoms with Crippen molar-refractivity contribution in [2.24, 2.45) is 0 Å². The third-order valence-corrected chi connectivity index (χ3v) is 8.50. The predicted octanol–water partition coefficient (Wildman–Crippen LogP) is 1.43. The molecule has 0 radical (unpaired) electrons. The number of nitrogens with one attached hydrogen (secondary N) is 1. The van der Waals surface area contributed by atoms with Gasteiger partial charge in [0.15, 0.2) is 9.84 Å². The number of benzene rings is 2. The fourth-order valence-electron chi connectivity index (χ4n) is 2.98. The van der Waals surface area contributed by atoms with Crippen molar-refractivity contribution in [2.45, 2.75) is 23.3 Å². The van der Waals surface area contributed by atoms with Crippen LogP contribution in [0.5, 0.6) is 0 Å². The molecule has 162 valence electrons. The monoisotopic (exact) mass is 452 g/mol. The van der Waals surface area contributed by atoms with E-state index >= 15 is 0 Å². The molecule has 0 aliphatic carbocycles. The summed E-state index contributed by atoms with van der Waals surface area (Å²) in [6.45, 7) is 3.21. The van der Waals surface area contributed by atoms with Crippen LogP contribution < -0.4 is 5.32 Å². The van der Waals surface area contributed by atoms with E-state index in [9.17, 15) is 21.6 Å². The second kappa shape index (κ2) is 9.25. The number of amides is 1. The van der Waals surface area contributed by atoms with Crippen LogP contribution >= 0.6 is 0 Å².